The highest BCUT2D eigenvalue weighted by molar-refractivity contribution is 6.30. The summed E-state index contributed by atoms with van der Waals surface area (Å²) in [7, 11) is 0. The number of halogens is 1. The van der Waals surface area contributed by atoms with Crippen molar-refractivity contribution in [3.05, 3.63) is 57.6 Å². The quantitative estimate of drug-likeness (QED) is 0.677. The van der Waals surface area contributed by atoms with Crippen LogP contribution in [0.4, 0.5) is 0 Å². The average molecular weight is 441 g/mol. The Kier molecular flexibility index (Phi) is 7.24. The number of hydrogen-bond acceptors (Lipinski definition) is 4. The normalized spacial score (nSPS) is 20.1. The van der Waals surface area contributed by atoms with Crippen molar-refractivity contribution < 1.29 is 4.79 Å². The molecule has 166 valence electrons. The number of aromatic nitrogens is 2. The molecule has 31 heavy (non-hydrogen) atoms. The van der Waals surface area contributed by atoms with Crippen LogP contribution < -0.4 is 0 Å². The van der Waals surface area contributed by atoms with Crippen molar-refractivity contribution >= 4 is 17.5 Å². The zero-order valence-corrected chi connectivity index (χ0v) is 19.5. The second-order valence-corrected chi connectivity index (χ2v) is 9.49. The smallest absolute Gasteiger partial charge is 0.227 e. The molecule has 2 saturated heterocycles. The number of nitrogens with zero attached hydrogens (tertiary/aromatic N) is 4. The van der Waals surface area contributed by atoms with Gasteiger partial charge in [0.2, 0.25) is 5.91 Å². The Labute approximate surface area is 190 Å². The van der Waals surface area contributed by atoms with Crippen LogP contribution in [0.3, 0.4) is 0 Å². The molecule has 6 heteroatoms. The van der Waals surface area contributed by atoms with Crippen LogP contribution in [0.25, 0.3) is 0 Å². The van der Waals surface area contributed by atoms with Gasteiger partial charge in [0, 0.05) is 54.1 Å². The molecule has 2 aliphatic rings. The van der Waals surface area contributed by atoms with Gasteiger partial charge in [-0.25, -0.2) is 9.97 Å². The lowest BCUT2D eigenvalue weighted by molar-refractivity contribution is -0.131. The van der Waals surface area contributed by atoms with Crippen LogP contribution in [0.15, 0.2) is 24.3 Å². The number of carbonyl (C=O) groups is 1. The fraction of sp³-hybridized carbons (Fsp3) is 0.560. The number of aryl methyl sites for hydroxylation is 2. The molecule has 1 atom stereocenters. The minimum atomic E-state index is 0.215. The molecule has 0 spiro atoms. The van der Waals surface area contributed by atoms with Gasteiger partial charge in [-0.2, -0.15) is 0 Å². The van der Waals surface area contributed by atoms with Crippen molar-refractivity contribution in [1.82, 2.24) is 19.8 Å². The second kappa shape index (κ2) is 10.1. The van der Waals surface area contributed by atoms with E-state index in [9.17, 15) is 4.79 Å². The highest BCUT2D eigenvalue weighted by atomic mass is 35.5. The maximum atomic E-state index is 12.8. The number of amides is 1. The van der Waals surface area contributed by atoms with E-state index in [-0.39, 0.29) is 5.91 Å². The first-order valence-electron chi connectivity index (χ1n) is 11.6. The predicted octanol–water partition coefficient (Wildman–Crippen LogP) is 4.68. The van der Waals surface area contributed by atoms with Gasteiger partial charge in [0.05, 0.1) is 6.42 Å². The second-order valence-electron chi connectivity index (χ2n) is 9.05. The number of piperidine rings is 2. The molecule has 0 aliphatic carbocycles. The summed E-state index contributed by atoms with van der Waals surface area (Å²) in [5.74, 6) is 1.48. The summed E-state index contributed by atoms with van der Waals surface area (Å²) in [6.07, 6.45) is 6.14. The predicted molar refractivity (Wildman–Crippen MR) is 124 cm³/mol. The van der Waals surface area contributed by atoms with Crippen molar-refractivity contribution in [2.45, 2.75) is 64.8 Å². The minimum Gasteiger partial charge on any atom is -0.342 e. The topological polar surface area (TPSA) is 49.3 Å². The molecule has 0 radical (unpaired) electrons. The largest absolute Gasteiger partial charge is 0.342 e. The summed E-state index contributed by atoms with van der Waals surface area (Å²) >= 11 is 6.16. The summed E-state index contributed by atoms with van der Waals surface area (Å²) in [5.41, 5.74) is 4.17. The lowest BCUT2D eigenvalue weighted by Crippen LogP contribution is -2.37. The van der Waals surface area contributed by atoms with Crippen LogP contribution in [-0.4, -0.2) is 51.9 Å². The molecular formula is C25H33ClN4O. The molecule has 0 saturated carbocycles. The average Bonchev–Trinajstić information content (AvgIpc) is 2.77. The number of likely N-dealkylation sites (tertiary alicyclic amines) is 2. The van der Waals surface area contributed by atoms with Crippen LogP contribution in [-0.2, 0) is 17.8 Å². The van der Waals surface area contributed by atoms with Gasteiger partial charge < -0.3 is 4.90 Å². The summed E-state index contributed by atoms with van der Waals surface area (Å²) < 4.78 is 0. The van der Waals surface area contributed by atoms with Gasteiger partial charge in [-0.1, -0.05) is 23.7 Å². The van der Waals surface area contributed by atoms with E-state index >= 15 is 0 Å². The van der Waals surface area contributed by atoms with Crippen LogP contribution in [0.1, 0.15) is 66.4 Å². The van der Waals surface area contributed by atoms with Crippen molar-refractivity contribution in [3.8, 4) is 0 Å². The lowest BCUT2D eigenvalue weighted by Gasteiger charge is -2.32. The van der Waals surface area contributed by atoms with E-state index in [1.165, 1.54) is 12.0 Å². The highest BCUT2D eigenvalue weighted by Gasteiger charge is 2.26. The van der Waals surface area contributed by atoms with E-state index in [1.807, 2.05) is 36.9 Å². The number of carbonyl (C=O) groups excluding carboxylic acids is 1. The molecule has 2 fully saturated rings. The standard InChI is InChI=1S/C25H33ClN4O/c1-18-23(15-24(31)30-12-4-3-5-13-30)19(2)28-25(27-18)21-9-7-11-29(17-21)16-20-8-6-10-22(26)14-20/h6,8,10,14,21H,3-5,7,9,11-13,15-17H2,1-2H3. The van der Waals surface area contributed by atoms with E-state index < -0.39 is 0 Å². The van der Waals surface area contributed by atoms with Gasteiger partial charge in [-0.15, -0.1) is 0 Å². The summed E-state index contributed by atoms with van der Waals surface area (Å²) in [4.78, 5) is 27.0. The van der Waals surface area contributed by atoms with E-state index in [0.717, 1.165) is 86.2 Å². The molecule has 2 aliphatic heterocycles. The third-order valence-corrected chi connectivity index (χ3v) is 6.88. The van der Waals surface area contributed by atoms with Crippen molar-refractivity contribution in [2.24, 2.45) is 0 Å². The summed E-state index contributed by atoms with van der Waals surface area (Å²) in [6, 6.07) is 8.11. The van der Waals surface area contributed by atoms with Gasteiger partial charge in [0.15, 0.2) is 0 Å². The van der Waals surface area contributed by atoms with E-state index in [1.54, 1.807) is 0 Å². The zero-order valence-electron chi connectivity index (χ0n) is 18.7. The molecule has 1 amide bonds. The third-order valence-electron chi connectivity index (χ3n) is 6.64. The number of benzene rings is 1. The van der Waals surface area contributed by atoms with Crippen molar-refractivity contribution in [1.29, 1.82) is 0 Å². The Morgan fingerprint density at radius 3 is 2.52 bits per heavy atom. The minimum absolute atomic E-state index is 0.215. The molecule has 1 aromatic carbocycles. The third kappa shape index (κ3) is 5.64. The van der Waals surface area contributed by atoms with Crippen molar-refractivity contribution in [2.75, 3.05) is 26.2 Å². The van der Waals surface area contributed by atoms with Gasteiger partial charge in [0.25, 0.3) is 0 Å². The summed E-state index contributed by atoms with van der Waals surface area (Å²) in [6.45, 7) is 8.78. The highest BCUT2D eigenvalue weighted by Crippen LogP contribution is 2.27. The Hall–Kier alpha value is -1.98. The van der Waals surface area contributed by atoms with E-state index in [0.29, 0.717) is 12.3 Å². The maximum absolute atomic E-state index is 12.8. The Morgan fingerprint density at radius 1 is 1.06 bits per heavy atom. The Bertz CT molecular complexity index is 902. The van der Waals surface area contributed by atoms with Gasteiger partial charge >= 0.3 is 0 Å². The van der Waals surface area contributed by atoms with Crippen LogP contribution >= 0.6 is 11.6 Å². The van der Waals surface area contributed by atoms with Crippen LogP contribution in [0, 0.1) is 13.8 Å². The first-order valence-corrected chi connectivity index (χ1v) is 12.0. The molecular weight excluding hydrogens is 408 g/mol. The SMILES string of the molecule is Cc1nc(C2CCCN(Cc3cccc(Cl)c3)C2)nc(C)c1CC(=O)N1CCCCC1. The van der Waals surface area contributed by atoms with Gasteiger partial charge in [-0.3, -0.25) is 9.69 Å². The van der Waals surface area contributed by atoms with Gasteiger partial charge in [0.1, 0.15) is 5.82 Å². The maximum Gasteiger partial charge on any atom is 0.227 e. The van der Waals surface area contributed by atoms with E-state index in [2.05, 4.69) is 11.0 Å². The molecule has 2 aromatic rings. The van der Waals surface area contributed by atoms with Crippen molar-refractivity contribution in [3.63, 3.8) is 0 Å². The van der Waals surface area contributed by atoms with E-state index in [4.69, 9.17) is 21.6 Å². The van der Waals surface area contributed by atoms with Crippen LogP contribution in [0.5, 0.6) is 0 Å². The molecule has 5 nitrogen and oxygen atoms in total. The lowest BCUT2D eigenvalue weighted by atomic mass is 9.96. The summed E-state index contributed by atoms with van der Waals surface area (Å²) in [5, 5.41) is 0.787. The fourth-order valence-electron chi connectivity index (χ4n) is 4.91. The molecule has 4 rings (SSSR count). The molecule has 3 heterocycles. The Balaban J connectivity index is 1.43. The van der Waals surface area contributed by atoms with Crippen LogP contribution in [0.2, 0.25) is 5.02 Å². The van der Waals surface area contributed by atoms with Gasteiger partial charge in [-0.05, 0) is 70.2 Å². The molecule has 0 N–H and O–H groups in total. The molecule has 1 aromatic heterocycles. The first-order chi connectivity index (χ1) is 15.0. The molecule has 1 unspecified atom stereocenters. The fourth-order valence-corrected chi connectivity index (χ4v) is 5.13. The number of rotatable bonds is 5. The Morgan fingerprint density at radius 2 is 1.81 bits per heavy atom. The monoisotopic (exact) mass is 440 g/mol. The zero-order chi connectivity index (χ0) is 21.8. The first kappa shape index (κ1) is 22.2. The number of hydrogen-bond donors (Lipinski definition) is 0. The molecule has 0 bridgehead atoms.